The zero-order valence-electron chi connectivity index (χ0n) is 15.7. The Hall–Kier alpha value is -3.25. The summed E-state index contributed by atoms with van der Waals surface area (Å²) in [6.45, 7) is 2.21. The Morgan fingerprint density at radius 3 is 2.86 bits per heavy atom. The van der Waals surface area contributed by atoms with Gasteiger partial charge in [-0.05, 0) is 54.8 Å². The lowest BCUT2D eigenvalue weighted by atomic mass is 10.0. The molecule has 2 aromatic carbocycles. The normalized spacial score (nSPS) is 11.2. The molecule has 0 fully saturated rings. The highest BCUT2D eigenvalue weighted by Crippen LogP contribution is 2.24. The monoisotopic (exact) mass is 410 g/mol. The van der Waals surface area contributed by atoms with Gasteiger partial charge >= 0.3 is 5.63 Å². The summed E-state index contributed by atoms with van der Waals surface area (Å²) in [5.74, 6) is -0.236. The first-order valence-electron chi connectivity index (χ1n) is 9.20. The molecule has 6 nitrogen and oxygen atoms in total. The number of aromatic amines is 1. The number of carbonyl (C=O) groups excluding carboxylic acids is 1. The Balaban J connectivity index is 1.45. The SMILES string of the molecule is Cc1c(CC(=O)NCCc2c[nH]c3ccc(Cl)cc23)c(=O)oc2cc(O)ccc12. The number of phenolic OH excluding ortho intramolecular Hbond substituents is 1. The molecule has 4 rings (SSSR count). The van der Waals surface area contributed by atoms with Crippen molar-refractivity contribution in [3.8, 4) is 5.75 Å². The topological polar surface area (TPSA) is 95.3 Å². The van der Waals surface area contributed by atoms with Crippen molar-refractivity contribution in [3.63, 3.8) is 0 Å². The second-order valence-corrected chi connectivity index (χ2v) is 7.39. The van der Waals surface area contributed by atoms with Gasteiger partial charge in [-0.25, -0.2) is 4.79 Å². The van der Waals surface area contributed by atoms with Crippen LogP contribution in [0.1, 0.15) is 16.7 Å². The largest absolute Gasteiger partial charge is 0.508 e. The average Bonchev–Trinajstić information content (AvgIpc) is 3.07. The third kappa shape index (κ3) is 3.84. The van der Waals surface area contributed by atoms with E-state index in [-0.39, 0.29) is 18.1 Å². The number of hydrogen-bond donors (Lipinski definition) is 3. The number of halogens is 1. The molecule has 1 amide bonds. The fraction of sp³-hybridized carbons (Fsp3) is 0.182. The summed E-state index contributed by atoms with van der Waals surface area (Å²) in [7, 11) is 0. The molecule has 2 aromatic heterocycles. The molecular weight excluding hydrogens is 392 g/mol. The van der Waals surface area contributed by atoms with Crippen LogP contribution in [0, 0.1) is 6.92 Å². The van der Waals surface area contributed by atoms with Crippen LogP contribution >= 0.6 is 11.6 Å². The van der Waals surface area contributed by atoms with Gasteiger partial charge in [0.05, 0.1) is 12.0 Å². The maximum Gasteiger partial charge on any atom is 0.340 e. The van der Waals surface area contributed by atoms with Gasteiger partial charge in [-0.1, -0.05) is 11.6 Å². The number of H-pyrrole nitrogens is 1. The highest BCUT2D eigenvalue weighted by Gasteiger charge is 2.15. The van der Waals surface area contributed by atoms with Crippen molar-refractivity contribution in [2.45, 2.75) is 19.8 Å². The molecule has 0 saturated carbocycles. The van der Waals surface area contributed by atoms with Crippen molar-refractivity contribution in [1.29, 1.82) is 0 Å². The van der Waals surface area contributed by atoms with Crippen LogP contribution in [-0.4, -0.2) is 22.5 Å². The number of aromatic hydroxyl groups is 1. The summed E-state index contributed by atoms with van der Waals surface area (Å²) < 4.78 is 5.27. The number of aromatic nitrogens is 1. The van der Waals surface area contributed by atoms with Crippen LogP contribution in [0.3, 0.4) is 0 Å². The zero-order chi connectivity index (χ0) is 20.5. The minimum Gasteiger partial charge on any atom is -0.508 e. The number of phenols is 1. The summed E-state index contributed by atoms with van der Waals surface area (Å²) in [6.07, 6.45) is 2.48. The number of benzene rings is 2. The molecule has 0 aliphatic heterocycles. The molecule has 0 atom stereocenters. The number of amides is 1. The molecule has 4 aromatic rings. The van der Waals surface area contributed by atoms with Crippen LogP contribution in [-0.2, 0) is 17.6 Å². The van der Waals surface area contributed by atoms with Crippen LogP contribution in [0.15, 0.2) is 51.8 Å². The maximum atomic E-state index is 12.4. The van der Waals surface area contributed by atoms with Crippen LogP contribution in [0.25, 0.3) is 21.9 Å². The smallest absolute Gasteiger partial charge is 0.340 e. The van der Waals surface area contributed by atoms with Crippen LogP contribution in [0.5, 0.6) is 5.75 Å². The predicted molar refractivity (Wildman–Crippen MR) is 113 cm³/mol. The Morgan fingerprint density at radius 1 is 1.21 bits per heavy atom. The molecule has 0 bridgehead atoms. The summed E-state index contributed by atoms with van der Waals surface area (Å²) in [6, 6.07) is 10.2. The second-order valence-electron chi connectivity index (χ2n) is 6.95. The van der Waals surface area contributed by atoms with E-state index in [1.54, 1.807) is 13.0 Å². The van der Waals surface area contributed by atoms with E-state index in [1.807, 2.05) is 24.4 Å². The first-order valence-corrected chi connectivity index (χ1v) is 9.57. The van der Waals surface area contributed by atoms with E-state index >= 15 is 0 Å². The van der Waals surface area contributed by atoms with Gasteiger partial charge in [-0.15, -0.1) is 0 Å². The highest BCUT2D eigenvalue weighted by molar-refractivity contribution is 6.31. The molecule has 3 N–H and O–H groups in total. The van der Waals surface area contributed by atoms with Gasteiger partial charge in [0.25, 0.3) is 0 Å². The molecule has 148 valence electrons. The second kappa shape index (κ2) is 7.64. The Labute approximate surface area is 171 Å². The number of carbonyl (C=O) groups is 1. The highest BCUT2D eigenvalue weighted by atomic mass is 35.5. The van der Waals surface area contributed by atoms with Crippen molar-refractivity contribution in [2.24, 2.45) is 0 Å². The van der Waals surface area contributed by atoms with Crippen LogP contribution in [0.4, 0.5) is 0 Å². The fourth-order valence-corrected chi connectivity index (χ4v) is 3.68. The van der Waals surface area contributed by atoms with Gasteiger partial charge in [0.2, 0.25) is 5.91 Å². The van der Waals surface area contributed by atoms with E-state index in [2.05, 4.69) is 10.3 Å². The van der Waals surface area contributed by atoms with Crippen molar-refractivity contribution in [2.75, 3.05) is 6.54 Å². The molecule has 29 heavy (non-hydrogen) atoms. The van der Waals surface area contributed by atoms with Crippen LogP contribution in [0.2, 0.25) is 5.02 Å². The maximum absolute atomic E-state index is 12.4. The average molecular weight is 411 g/mol. The Morgan fingerprint density at radius 2 is 2.03 bits per heavy atom. The molecule has 0 unspecified atom stereocenters. The lowest BCUT2D eigenvalue weighted by Crippen LogP contribution is -2.29. The molecule has 0 aliphatic rings. The van der Waals surface area contributed by atoms with Crippen molar-refractivity contribution >= 4 is 39.4 Å². The van der Waals surface area contributed by atoms with E-state index in [1.165, 1.54) is 12.1 Å². The molecule has 0 spiro atoms. The third-order valence-electron chi connectivity index (χ3n) is 5.05. The fourth-order valence-electron chi connectivity index (χ4n) is 3.50. The predicted octanol–water partition coefficient (Wildman–Crippen LogP) is 3.84. The number of hydrogen-bond acceptors (Lipinski definition) is 4. The Bertz CT molecular complexity index is 1290. The van der Waals surface area contributed by atoms with Crippen molar-refractivity contribution in [1.82, 2.24) is 10.3 Å². The molecular formula is C22H19ClN2O4. The minimum absolute atomic E-state index is 0.0177. The van der Waals surface area contributed by atoms with E-state index < -0.39 is 5.63 Å². The van der Waals surface area contributed by atoms with E-state index in [4.69, 9.17) is 16.0 Å². The Kier molecular flexibility index (Phi) is 5.03. The molecule has 0 aliphatic carbocycles. The summed E-state index contributed by atoms with van der Waals surface area (Å²) in [5.41, 5.74) is 2.78. The molecule has 0 radical (unpaired) electrons. The molecule has 0 saturated heterocycles. The number of fused-ring (bicyclic) bond motifs is 2. The van der Waals surface area contributed by atoms with Gasteiger partial charge in [0, 0.05) is 40.1 Å². The van der Waals surface area contributed by atoms with E-state index in [9.17, 15) is 14.7 Å². The van der Waals surface area contributed by atoms with Crippen LogP contribution < -0.4 is 10.9 Å². The molecule has 7 heteroatoms. The number of nitrogens with one attached hydrogen (secondary N) is 2. The summed E-state index contributed by atoms with van der Waals surface area (Å²) >= 11 is 6.07. The van der Waals surface area contributed by atoms with Crippen molar-refractivity contribution < 1.29 is 14.3 Å². The standard InChI is InChI=1S/C22H19ClN2O4/c1-12-16-4-3-15(26)9-20(16)29-22(28)17(12)10-21(27)24-7-6-13-11-25-19-5-2-14(23)8-18(13)19/h2-5,8-9,11,25-26H,6-7,10H2,1H3,(H,24,27). The van der Waals surface area contributed by atoms with Gasteiger partial charge in [-0.2, -0.15) is 0 Å². The van der Waals surface area contributed by atoms with Gasteiger partial charge < -0.3 is 19.8 Å². The first kappa shape index (κ1) is 19.1. The molecule has 2 heterocycles. The quantitative estimate of drug-likeness (QED) is 0.435. The summed E-state index contributed by atoms with van der Waals surface area (Å²) in [5, 5.41) is 14.8. The lowest BCUT2D eigenvalue weighted by Gasteiger charge is -2.09. The summed E-state index contributed by atoms with van der Waals surface area (Å²) in [4.78, 5) is 27.9. The van der Waals surface area contributed by atoms with Gasteiger partial charge in [0.1, 0.15) is 11.3 Å². The third-order valence-corrected chi connectivity index (χ3v) is 5.29. The number of rotatable bonds is 5. The number of aryl methyl sites for hydroxylation is 1. The zero-order valence-corrected chi connectivity index (χ0v) is 16.5. The van der Waals surface area contributed by atoms with E-state index in [0.717, 1.165) is 16.5 Å². The van der Waals surface area contributed by atoms with Gasteiger partial charge in [-0.3, -0.25) is 4.79 Å². The van der Waals surface area contributed by atoms with Crippen molar-refractivity contribution in [3.05, 3.63) is 74.7 Å². The lowest BCUT2D eigenvalue weighted by molar-refractivity contribution is -0.120. The van der Waals surface area contributed by atoms with E-state index in [0.29, 0.717) is 40.1 Å². The first-order chi connectivity index (χ1) is 13.9. The minimum atomic E-state index is -0.568. The van der Waals surface area contributed by atoms with Gasteiger partial charge in [0.15, 0.2) is 0 Å².